The van der Waals surface area contributed by atoms with Crippen LogP contribution >= 0.6 is 0 Å². The molecule has 248 valence electrons. The van der Waals surface area contributed by atoms with Crippen molar-refractivity contribution in [1.82, 2.24) is 4.57 Å². The van der Waals surface area contributed by atoms with Crippen molar-refractivity contribution in [2.24, 2.45) is 0 Å². The average Bonchev–Trinajstić information content (AvgIpc) is 3.72. The Bertz CT molecular complexity index is 2790. The van der Waals surface area contributed by atoms with Gasteiger partial charge in [-0.15, -0.1) is 0 Å². The Labute approximate surface area is 309 Å². The zero-order valence-corrected chi connectivity index (χ0v) is 28.9. The molecule has 0 amide bonds. The molecule has 1 aliphatic carbocycles. The summed E-state index contributed by atoms with van der Waals surface area (Å²) < 4.78 is 2.35. The van der Waals surface area contributed by atoms with Crippen LogP contribution in [0.1, 0.15) is 22.3 Å². The molecule has 3 nitrogen and oxygen atoms in total. The molecule has 9 aromatic rings. The van der Waals surface area contributed by atoms with Crippen molar-refractivity contribution in [3.05, 3.63) is 234 Å². The van der Waals surface area contributed by atoms with E-state index in [4.69, 9.17) is 6.57 Å². The highest BCUT2D eigenvalue weighted by atomic mass is 15.1. The summed E-state index contributed by atoms with van der Waals surface area (Å²) in [6.07, 6.45) is 0. The van der Waals surface area contributed by atoms with Crippen LogP contribution in [0.4, 0.5) is 22.7 Å². The summed E-state index contributed by atoms with van der Waals surface area (Å²) in [5.74, 6) is 0. The Kier molecular flexibility index (Phi) is 7.09. The molecule has 0 spiro atoms. The van der Waals surface area contributed by atoms with Crippen LogP contribution in [-0.4, -0.2) is 4.57 Å². The molecule has 0 aliphatic heterocycles. The predicted octanol–water partition coefficient (Wildman–Crippen LogP) is 13.2. The van der Waals surface area contributed by atoms with E-state index in [0.717, 1.165) is 28.3 Å². The molecule has 0 fully saturated rings. The largest absolute Gasteiger partial charge is 0.311 e. The first kappa shape index (κ1) is 30.7. The van der Waals surface area contributed by atoms with Crippen molar-refractivity contribution in [1.29, 1.82) is 0 Å². The van der Waals surface area contributed by atoms with Crippen LogP contribution in [0.3, 0.4) is 0 Å². The highest BCUT2D eigenvalue weighted by molar-refractivity contribution is 6.10. The number of para-hydroxylation sites is 2. The summed E-state index contributed by atoms with van der Waals surface area (Å²) in [4.78, 5) is 6.05. The number of anilines is 3. The number of rotatable bonds is 6. The van der Waals surface area contributed by atoms with Crippen LogP contribution < -0.4 is 4.90 Å². The third-order valence-electron chi connectivity index (χ3n) is 10.9. The molecule has 1 heterocycles. The second-order valence-corrected chi connectivity index (χ2v) is 13.6. The molecule has 0 atom stereocenters. The number of hydrogen-bond donors (Lipinski definition) is 0. The smallest absolute Gasteiger partial charge is 0.187 e. The Hall–Kier alpha value is -7.15. The number of aromatic nitrogens is 1. The third kappa shape index (κ3) is 4.67. The van der Waals surface area contributed by atoms with Gasteiger partial charge in [0.05, 0.1) is 23.0 Å². The predicted molar refractivity (Wildman–Crippen MR) is 219 cm³/mol. The maximum Gasteiger partial charge on any atom is 0.187 e. The fourth-order valence-electron chi connectivity index (χ4n) is 8.65. The van der Waals surface area contributed by atoms with Gasteiger partial charge in [-0.3, -0.25) is 0 Å². The maximum atomic E-state index is 7.65. The highest BCUT2D eigenvalue weighted by Gasteiger charge is 2.46. The monoisotopic (exact) mass is 675 g/mol. The normalized spacial score (nSPS) is 12.7. The highest BCUT2D eigenvalue weighted by Crippen LogP contribution is 2.57. The van der Waals surface area contributed by atoms with Crippen LogP contribution in [0.15, 0.2) is 200 Å². The summed E-state index contributed by atoms with van der Waals surface area (Å²) in [7, 11) is 0. The lowest BCUT2D eigenvalue weighted by molar-refractivity contribution is 0.768. The Morgan fingerprint density at radius 1 is 0.434 bits per heavy atom. The van der Waals surface area contributed by atoms with Gasteiger partial charge in [-0.1, -0.05) is 140 Å². The number of nitrogens with zero attached hydrogens (tertiary/aromatic N) is 3. The number of hydrogen-bond acceptors (Lipinski definition) is 1. The average molecular weight is 676 g/mol. The molecule has 0 bridgehead atoms. The molecular formula is C50H33N3. The molecule has 0 unspecified atom stereocenters. The van der Waals surface area contributed by atoms with E-state index in [1.807, 2.05) is 12.1 Å². The van der Waals surface area contributed by atoms with Gasteiger partial charge in [0.15, 0.2) is 5.69 Å². The van der Waals surface area contributed by atoms with Crippen molar-refractivity contribution >= 4 is 44.6 Å². The van der Waals surface area contributed by atoms with Gasteiger partial charge < -0.3 is 9.47 Å². The summed E-state index contributed by atoms with van der Waals surface area (Å²) in [6, 6.07) is 71.7. The summed E-state index contributed by atoms with van der Waals surface area (Å²) in [5.41, 5.74) is 14.1. The number of fused-ring (bicyclic) bond motifs is 6. The molecule has 1 aromatic heterocycles. The van der Waals surface area contributed by atoms with E-state index in [9.17, 15) is 0 Å². The molecule has 0 N–H and O–H groups in total. The Morgan fingerprint density at radius 3 is 1.70 bits per heavy atom. The molecular weight excluding hydrogens is 643 g/mol. The molecule has 3 heteroatoms. The Balaban J connectivity index is 1.24. The molecule has 8 aromatic carbocycles. The fraction of sp³-hybridized carbons (Fsp3) is 0.0200. The van der Waals surface area contributed by atoms with Crippen LogP contribution in [0.5, 0.6) is 0 Å². The van der Waals surface area contributed by atoms with Crippen LogP contribution in [0, 0.1) is 6.57 Å². The van der Waals surface area contributed by atoms with E-state index in [0.29, 0.717) is 5.69 Å². The summed E-state index contributed by atoms with van der Waals surface area (Å²) >= 11 is 0. The summed E-state index contributed by atoms with van der Waals surface area (Å²) in [6.45, 7) is 7.65. The van der Waals surface area contributed by atoms with Crippen molar-refractivity contribution in [2.75, 3.05) is 4.90 Å². The maximum absolute atomic E-state index is 7.65. The lowest BCUT2D eigenvalue weighted by Gasteiger charge is -2.35. The first-order valence-corrected chi connectivity index (χ1v) is 18.0. The van der Waals surface area contributed by atoms with Gasteiger partial charge in [0.2, 0.25) is 0 Å². The van der Waals surface area contributed by atoms with Gasteiger partial charge in [-0.2, -0.15) is 0 Å². The van der Waals surface area contributed by atoms with E-state index < -0.39 is 5.41 Å². The quantitative estimate of drug-likeness (QED) is 0.160. The van der Waals surface area contributed by atoms with E-state index in [1.54, 1.807) is 0 Å². The lowest BCUT2D eigenvalue weighted by atomic mass is 9.67. The zero-order valence-electron chi connectivity index (χ0n) is 28.9. The van der Waals surface area contributed by atoms with Gasteiger partial charge in [0, 0.05) is 33.5 Å². The van der Waals surface area contributed by atoms with Gasteiger partial charge in [-0.05, 0) is 94.0 Å². The second kappa shape index (κ2) is 12.3. The van der Waals surface area contributed by atoms with Gasteiger partial charge >= 0.3 is 0 Å². The van der Waals surface area contributed by atoms with Crippen molar-refractivity contribution < 1.29 is 0 Å². The van der Waals surface area contributed by atoms with Crippen molar-refractivity contribution in [2.45, 2.75) is 5.41 Å². The molecule has 1 aliphatic rings. The van der Waals surface area contributed by atoms with E-state index in [-0.39, 0.29) is 0 Å². The SMILES string of the molecule is [C-]#[N+]c1ccc(N(c2ccc3c(c2)C(c2ccccc2)(c2ccccc2)c2ccccc2-3)c2ccc3c(c2)c2ccccc2n3-c2ccccc2)cc1. The van der Waals surface area contributed by atoms with Crippen LogP contribution in [0.2, 0.25) is 0 Å². The minimum absolute atomic E-state index is 0.517. The minimum Gasteiger partial charge on any atom is -0.311 e. The van der Waals surface area contributed by atoms with Gasteiger partial charge in [-0.25, -0.2) is 4.85 Å². The summed E-state index contributed by atoms with van der Waals surface area (Å²) in [5, 5.41) is 2.38. The standard InChI is InChI=1S/C50H33N3/c1-51-37-25-27-39(28-26-37)52(40-30-32-49-45(33-40)44-22-12-14-24-48(44)53(49)38-19-9-4-10-20-38)41-29-31-43-42-21-11-13-23-46(42)50(47(43)34-41,35-15-5-2-6-16-35)36-17-7-3-8-18-36/h2-34H. The minimum atomic E-state index is -0.517. The first-order chi connectivity index (χ1) is 26.3. The van der Waals surface area contributed by atoms with Gasteiger partial charge in [0.1, 0.15) is 0 Å². The molecule has 53 heavy (non-hydrogen) atoms. The third-order valence-corrected chi connectivity index (χ3v) is 10.9. The van der Waals surface area contributed by atoms with Crippen molar-refractivity contribution in [3.63, 3.8) is 0 Å². The molecule has 10 rings (SSSR count). The topological polar surface area (TPSA) is 12.5 Å². The molecule has 0 saturated carbocycles. The van der Waals surface area contributed by atoms with Gasteiger partial charge in [0.25, 0.3) is 0 Å². The van der Waals surface area contributed by atoms with Crippen LogP contribution in [0.25, 0.3) is 43.5 Å². The zero-order chi connectivity index (χ0) is 35.4. The Morgan fingerprint density at radius 2 is 0.981 bits per heavy atom. The van der Waals surface area contributed by atoms with E-state index >= 15 is 0 Å². The fourth-order valence-corrected chi connectivity index (χ4v) is 8.65. The van der Waals surface area contributed by atoms with E-state index in [1.165, 1.54) is 49.7 Å². The lowest BCUT2D eigenvalue weighted by Crippen LogP contribution is -2.28. The first-order valence-electron chi connectivity index (χ1n) is 18.0. The van der Waals surface area contributed by atoms with E-state index in [2.05, 4.69) is 202 Å². The van der Waals surface area contributed by atoms with Crippen molar-refractivity contribution in [3.8, 4) is 16.8 Å². The van der Waals surface area contributed by atoms with Crippen LogP contribution in [-0.2, 0) is 5.41 Å². The number of benzene rings is 8. The molecule has 0 saturated heterocycles. The molecule has 0 radical (unpaired) electrons. The second-order valence-electron chi connectivity index (χ2n) is 13.6.